The van der Waals surface area contributed by atoms with Crippen molar-refractivity contribution in [3.05, 3.63) is 29.8 Å². The van der Waals surface area contributed by atoms with Gasteiger partial charge in [-0.3, -0.25) is 4.79 Å². The molecule has 1 aliphatic rings. The van der Waals surface area contributed by atoms with Crippen LogP contribution in [0.15, 0.2) is 24.3 Å². The number of esters is 1. The normalized spacial score (nSPS) is 20.6. The summed E-state index contributed by atoms with van der Waals surface area (Å²) in [7, 11) is 0. The number of carbonyl (C=O) groups excluding carboxylic acids is 2. The SMILES string of the molecule is C[C@@H]1CCCC[C@@H]1NC(=O)COC(=O)c1ccc(OC(F)(F)F)cc1. The number of rotatable bonds is 5. The molecule has 0 heterocycles. The van der Waals surface area contributed by atoms with Gasteiger partial charge in [0.15, 0.2) is 6.61 Å². The smallest absolute Gasteiger partial charge is 0.452 e. The summed E-state index contributed by atoms with van der Waals surface area (Å²) in [6, 6.07) is 4.38. The first-order valence-electron chi connectivity index (χ1n) is 8.07. The average Bonchev–Trinajstić information content (AvgIpc) is 2.54. The van der Waals surface area contributed by atoms with Crippen LogP contribution >= 0.6 is 0 Å². The van der Waals surface area contributed by atoms with Gasteiger partial charge in [0, 0.05) is 6.04 Å². The topological polar surface area (TPSA) is 64.6 Å². The number of alkyl halides is 3. The maximum atomic E-state index is 12.1. The Kier molecular flexibility index (Phi) is 6.27. The lowest BCUT2D eigenvalue weighted by Crippen LogP contribution is -2.42. The highest BCUT2D eigenvalue weighted by Crippen LogP contribution is 2.24. The highest BCUT2D eigenvalue weighted by molar-refractivity contribution is 5.91. The van der Waals surface area contributed by atoms with Crippen molar-refractivity contribution >= 4 is 11.9 Å². The first kappa shape index (κ1) is 19.1. The maximum absolute atomic E-state index is 12.1. The first-order chi connectivity index (χ1) is 11.7. The molecule has 2 atom stereocenters. The number of nitrogens with one attached hydrogen (secondary N) is 1. The lowest BCUT2D eigenvalue weighted by molar-refractivity contribution is -0.274. The van der Waals surface area contributed by atoms with E-state index in [1.807, 2.05) is 0 Å². The summed E-state index contributed by atoms with van der Waals surface area (Å²) in [4.78, 5) is 23.7. The molecule has 8 heteroatoms. The Balaban J connectivity index is 1.80. The minimum absolute atomic E-state index is 0.0355. The van der Waals surface area contributed by atoms with E-state index < -0.39 is 24.7 Å². The largest absolute Gasteiger partial charge is 0.573 e. The Morgan fingerprint density at radius 3 is 2.40 bits per heavy atom. The van der Waals surface area contributed by atoms with E-state index in [4.69, 9.17) is 4.74 Å². The van der Waals surface area contributed by atoms with Crippen molar-refractivity contribution in [3.63, 3.8) is 0 Å². The van der Waals surface area contributed by atoms with Crippen LogP contribution in [0, 0.1) is 5.92 Å². The van der Waals surface area contributed by atoms with Crippen LogP contribution in [0.3, 0.4) is 0 Å². The maximum Gasteiger partial charge on any atom is 0.573 e. The van der Waals surface area contributed by atoms with Gasteiger partial charge in [0.1, 0.15) is 5.75 Å². The highest BCUT2D eigenvalue weighted by atomic mass is 19.4. The van der Waals surface area contributed by atoms with Gasteiger partial charge in [0.05, 0.1) is 5.56 Å². The lowest BCUT2D eigenvalue weighted by Gasteiger charge is -2.29. The van der Waals surface area contributed by atoms with E-state index in [1.165, 1.54) is 0 Å². The molecule has 1 N–H and O–H groups in total. The van der Waals surface area contributed by atoms with E-state index in [0.29, 0.717) is 5.92 Å². The van der Waals surface area contributed by atoms with E-state index >= 15 is 0 Å². The predicted octanol–water partition coefficient (Wildman–Crippen LogP) is 3.44. The van der Waals surface area contributed by atoms with Crippen LogP contribution in [-0.4, -0.2) is 30.9 Å². The van der Waals surface area contributed by atoms with Crippen LogP contribution in [0.2, 0.25) is 0 Å². The Morgan fingerprint density at radius 1 is 1.16 bits per heavy atom. The van der Waals surface area contributed by atoms with Gasteiger partial charge < -0.3 is 14.8 Å². The van der Waals surface area contributed by atoms with Gasteiger partial charge in [-0.1, -0.05) is 19.8 Å². The minimum atomic E-state index is -4.80. The van der Waals surface area contributed by atoms with Crippen LogP contribution in [0.4, 0.5) is 13.2 Å². The second-order valence-electron chi connectivity index (χ2n) is 6.08. The van der Waals surface area contributed by atoms with Crippen molar-refractivity contribution in [1.82, 2.24) is 5.32 Å². The third-order valence-electron chi connectivity index (χ3n) is 4.12. The molecule has 1 aromatic carbocycles. The quantitative estimate of drug-likeness (QED) is 0.818. The van der Waals surface area contributed by atoms with Gasteiger partial charge in [0.2, 0.25) is 0 Å². The predicted molar refractivity (Wildman–Crippen MR) is 83.0 cm³/mol. The molecule has 138 valence electrons. The molecule has 0 spiro atoms. The third-order valence-corrected chi connectivity index (χ3v) is 4.12. The Hall–Kier alpha value is -2.25. The van der Waals surface area contributed by atoms with Crippen LogP contribution in [0.1, 0.15) is 43.0 Å². The molecule has 0 bridgehead atoms. The van der Waals surface area contributed by atoms with Gasteiger partial charge in [-0.05, 0) is 43.0 Å². The average molecular weight is 359 g/mol. The molecular formula is C17H20F3NO4. The summed E-state index contributed by atoms with van der Waals surface area (Å²) in [6.45, 7) is 1.64. The van der Waals surface area contributed by atoms with Crippen LogP contribution < -0.4 is 10.1 Å². The number of benzene rings is 1. The summed E-state index contributed by atoms with van der Waals surface area (Å²) >= 11 is 0. The summed E-state index contributed by atoms with van der Waals surface area (Å²) in [5, 5.41) is 2.85. The molecule has 1 aliphatic carbocycles. The number of amides is 1. The van der Waals surface area contributed by atoms with Gasteiger partial charge in [-0.25, -0.2) is 4.79 Å². The zero-order valence-electron chi connectivity index (χ0n) is 13.8. The molecule has 0 aliphatic heterocycles. The zero-order valence-corrected chi connectivity index (χ0v) is 13.8. The fraction of sp³-hybridized carbons (Fsp3) is 0.529. The highest BCUT2D eigenvalue weighted by Gasteiger charge is 2.31. The third kappa shape index (κ3) is 6.28. The van der Waals surface area contributed by atoms with E-state index in [0.717, 1.165) is 49.9 Å². The summed E-state index contributed by atoms with van der Waals surface area (Å²) in [5.41, 5.74) is 0.0355. The van der Waals surface area contributed by atoms with Crippen LogP contribution in [0.25, 0.3) is 0 Å². The van der Waals surface area contributed by atoms with Gasteiger partial charge >= 0.3 is 12.3 Å². The molecule has 1 fully saturated rings. The molecule has 0 saturated heterocycles. The monoisotopic (exact) mass is 359 g/mol. The van der Waals surface area contributed by atoms with Crippen molar-refractivity contribution in [1.29, 1.82) is 0 Å². The van der Waals surface area contributed by atoms with Gasteiger partial charge in [-0.2, -0.15) is 0 Å². The summed E-state index contributed by atoms with van der Waals surface area (Å²) in [6.07, 6.45) is -0.632. The lowest BCUT2D eigenvalue weighted by atomic mass is 9.86. The standard InChI is InChI=1S/C17H20F3NO4/c1-11-4-2-3-5-14(11)21-15(22)10-24-16(23)12-6-8-13(9-7-12)25-17(18,19)20/h6-9,11,14H,2-5,10H2,1H3,(H,21,22)/t11-,14+/m1/s1. The van der Waals surface area contributed by atoms with Crippen LogP contribution in [0.5, 0.6) is 5.75 Å². The fourth-order valence-electron chi connectivity index (χ4n) is 2.79. The second kappa shape index (κ2) is 8.22. The van der Waals surface area contributed by atoms with E-state index in [2.05, 4.69) is 17.0 Å². The van der Waals surface area contributed by atoms with E-state index in [1.54, 1.807) is 0 Å². The number of carbonyl (C=O) groups is 2. The number of hydrogen-bond acceptors (Lipinski definition) is 4. The van der Waals surface area contributed by atoms with Gasteiger partial charge in [-0.15, -0.1) is 13.2 Å². The van der Waals surface area contributed by atoms with E-state index in [-0.39, 0.29) is 17.5 Å². The Labute approximate surface area is 143 Å². The molecule has 1 saturated carbocycles. The van der Waals surface area contributed by atoms with Crippen molar-refractivity contribution in [2.45, 2.75) is 45.0 Å². The van der Waals surface area contributed by atoms with Crippen LogP contribution in [-0.2, 0) is 9.53 Å². The number of halogens is 3. The van der Waals surface area contributed by atoms with Crippen molar-refractivity contribution in [2.24, 2.45) is 5.92 Å². The van der Waals surface area contributed by atoms with Crippen molar-refractivity contribution in [2.75, 3.05) is 6.61 Å². The Bertz CT molecular complexity index is 601. The van der Waals surface area contributed by atoms with Crippen molar-refractivity contribution < 1.29 is 32.2 Å². The second-order valence-corrected chi connectivity index (χ2v) is 6.08. The Morgan fingerprint density at radius 2 is 1.80 bits per heavy atom. The molecule has 1 amide bonds. The molecule has 25 heavy (non-hydrogen) atoms. The molecular weight excluding hydrogens is 339 g/mol. The zero-order chi connectivity index (χ0) is 18.4. The minimum Gasteiger partial charge on any atom is -0.452 e. The molecule has 2 rings (SSSR count). The summed E-state index contributed by atoms with van der Waals surface area (Å²) < 4.78 is 44.8. The molecule has 0 unspecified atom stereocenters. The number of ether oxygens (including phenoxy) is 2. The molecule has 0 radical (unpaired) electrons. The molecule has 0 aromatic heterocycles. The fourth-order valence-corrected chi connectivity index (χ4v) is 2.79. The van der Waals surface area contributed by atoms with Gasteiger partial charge in [0.25, 0.3) is 5.91 Å². The first-order valence-corrected chi connectivity index (χ1v) is 8.07. The number of hydrogen-bond donors (Lipinski definition) is 1. The van der Waals surface area contributed by atoms with E-state index in [9.17, 15) is 22.8 Å². The summed E-state index contributed by atoms with van der Waals surface area (Å²) in [5.74, 6) is -1.22. The molecule has 5 nitrogen and oxygen atoms in total. The van der Waals surface area contributed by atoms with Crippen molar-refractivity contribution in [3.8, 4) is 5.75 Å². The molecule has 1 aromatic rings.